The van der Waals surface area contributed by atoms with Crippen LogP contribution >= 0.6 is 0 Å². The Morgan fingerprint density at radius 1 is 1.50 bits per heavy atom. The molecular formula is C10H12FN3. The highest BCUT2D eigenvalue weighted by Gasteiger charge is 2.10. The molecule has 0 fully saturated rings. The summed E-state index contributed by atoms with van der Waals surface area (Å²) in [6.07, 6.45) is 0. The van der Waals surface area contributed by atoms with E-state index in [0.717, 1.165) is 16.6 Å². The van der Waals surface area contributed by atoms with Crippen molar-refractivity contribution in [3.05, 3.63) is 29.2 Å². The van der Waals surface area contributed by atoms with E-state index in [1.165, 1.54) is 6.07 Å². The Balaban J connectivity index is 2.83. The van der Waals surface area contributed by atoms with Gasteiger partial charge in [0.2, 0.25) is 0 Å². The summed E-state index contributed by atoms with van der Waals surface area (Å²) in [5.41, 5.74) is 7.64. The van der Waals surface area contributed by atoms with Crippen LogP contribution in [0.2, 0.25) is 0 Å². The SMILES string of the molecule is Cc1c2cc(CN)cc(F)c2nn1C. The maximum absolute atomic E-state index is 13.5. The van der Waals surface area contributed by atoms with Crippen LogP contribution in [-0.2, 0) is 13.6 Å². The van der Waals surface area contributed by atoms with Crippen molar-refractivity contribution in [1.29, 1.82) is 0 Å². The summed E-state index contributed by atoms with van der Waals surface area (Å²) in [7, 11) is 1.80. The Morgan fingerprint density at radius 3 is 2.86 bits per heavy atom. The van der Waals surface area contributed by atoms with E-state index in [1.54, 1.807) is 11.7 Å². The van der Waals surface area contributed by atoms with Crippen molar-refractivity contribution in [1.82, 2.24) is 9.78 Å². The molecule has 0 amide bonds. The molecule has 0 saturated carbocycles. The highest BCUT2D eigenvalue weighted by molar-refractivity contribution is 5.82. The Hall–Kier alpha value is -1.42. The second kappa shape index (κ2) is 3.06. The van der Waals surface area contributed by atoms with Crippen LogP contribution in [0.15, 0.2) is 12.1 Å². The number of hydrogen-bond donors (Lipinski definition) is 1. The fourth-order valence-electron chi connectivity index (χ4n) is 1.55. The fourth-order valence-corrected chi connectivity index (χ4v) is 1.55. The molecule has 14 heavy (non-hydrogen) atoms. The van der Waals surface area contributed by atoms with Gasteiger partial charge in [0.1, 0.15) is 5.52 Å². The molecule has 74 valence electrons. The lowest BCUT2D eigenvalue weighted by Crippen LogP contribution is -1.96. The predicted octanol–water partition coefficient (Wildman–Crippen LogP) is 1.48. The van der Waals surface area contributed by atoms with Gasteiger partial charge in [-0.1, -0.05) is 0 Å². The number of nitrogens with two attached hydrogens (primary N) is 1. The van der Waals surface area contributed by atoms with Crippen LogP contribution in [0.1, 0.15) is 11.3 Å². The first-order valence-electron chi connectivity index (χ1n) is 4.45. The van der Waals surface area contributed by atoms with Gasteiger partial charge >= 0.3 is 0 Å². The van der Waals surface area contributed by atoms with Crippen LogP contribution in [0.3, 0.4) is 0 Å². The summed E-state index contributed by atoms with van der Waals surface area (Å²) in [5.74, 6) is -0.299. The van der Waals surface area contributed by atoms with Crippen molar-refractivity contribution >= 4 is 10.9 Å². The van der Waals surface area contributed by atoms with Crippen LogP contribution in [-0.4, -0.2) is 9.78 Å². The van der Waals surface area contributed by atoms with Gasteiger partial charge in [-0.2, -0.15) is 5.10 Å². The first-order chi connectivity index (χ1) is 6.63. The Labute approximate surface area is 81.3 Å². The molecule has 0 aliphatic heterocycles. The smallest absolute Gasteiger partial charge is 0.151 e. The monoisotopic (exact) mass is 193 g/mol. The van der Waals surface area contributed by atoms with Gasteiger partial charge in [0.05, 0.1) is 0 Å². The zero-order valence-corrected chi connectivity index (χ0v) is 8.21. The summed E-state index contributed by atoms with van der Waals surface area (Å²) in [6.45, 7) is 2.26. The zero-order chi connectivity index (χ0) is 10.3. The van der Waals surface area contributed by atoms with Crippen molar-refractivity contribution in [2.75, 3.05) is 0 Å². The molecule has 2 rings (SSSR count). The fraction of sp³-hybridized carbons (Fsp3) is 0.300. The quantitative estimate of drug-likeness (QED) is 0.745. The lowest BCUT2D eigenvalue weighted by molar-refractivity contribution is 0.630. The van der Waals surface area contributed by atoms with E-state index in [-0.39, 0.29) is 5.82 Å². The van der Waals surface area contributed by atoms with E-state index in [1.807, 2.05) is 13.0 Å². The number of halogens is 1. The summed E-state index contributed by atoms with van der Waals surface area (Å²) in [6, 6.07) is 3.33. The summed E-state index contributed by atoms with van der Waals surface area (Å²) >= 11 is 0. The maximum Gasteiger partial charge on any atom is 0.151 e. The van der Waals surface area contributed by atoms with Gasteiger partial charge in [0.25, 0.3) is 0 Å². The Morgan fingerprint density at radius 2 is 2.21 bits per heavy atom. The van der Waals surface area contributed by atoms with E-state index < -0.39 is 0 Å². The average Bonchev–Trinajstić information content (AvgIpc) is 2.45. The van der Waals surface area contributed by atoms with Crippen molar-refractivity contribution in [3.8, 4) is 0 Å². The molecule has 1 aromatic heterocycles. The van der Waals surface area contributed by atoms with Crippen LogP contribution in [0.5, 0.6) is 0 Å². The number of benzene rings is 1. The number of rotatable bonds is 1. The third kappa shape index (κ3) is 1.19. The minimum absolute atomic E-state index is 0.299. The number of aryl methyl sites for hydroxylation is 2. The molecule has 0 unspecified atom stereocenters. The average molecular weight is 193 g/mol. The van der Waals surface area contributed by atoms with Crippen LogP contribution in [0.25, 0.3) is 10.9 Å². The Kier molecular flexibility index (Phi) is 2.00. The molecule has 0 aliphatic rings. The van der Waals surface area contributed by atoms with E-state index in [0.29, 0.717) is 12.1 Å². The summed E-state index contributed by atoms with van der Waals surface area (Å²) < 4.78 is 15.2. The zero-order valence-electron chi connectivity index (χ0n) is 8.21. The topological polar surface area (TPSA) is 43.8 Å². The molecule has 3 nitrogen and oxygen atoms in total. The van der Waals surface area contributed by atoms with Gasteiger partial charge in [-0.3, -0.25) is 4.68 Å². The number of hydrogen-bond acceptors (Lipinski definition) is 2. The third-order valence-corrected chi connectivity index (χ3v) is 2.48. The normalized spacial score (nSPS) is 11.1. The molecule has 1 aromatic carbocycles. The molecule has 1 heterocycles. The van der Waals surface area contributed by atoms with Crippen molar-refractivity contribution in [2.24, 2.45) is 12.8 Å². The van der Waals surface area contributed by atoms with Crippen molar-refractivity contribution in [3.63, 3.8) is 0 Å². The van der Waals surface area contributed by atoms with Gasteiger partial charge in [0.15, 0.2) is 5.82 Å². The largest absolute Gasteiger partial charge is 0.326 e. The van der Waals surface area contributed by atoms with E-state index in [4.69, 9.17) is 5.73 Å². The van der Waals surface area contributed by atoms with Gasteiger partial charge in [0, 0.05) is 24.7 Å². The van der Waals surface area contributed by atoms with Gasteiger partial charge in [-0.15, -0.1) is 0 Å². The highest BCUT2D eigenvalue weighted by Crippen LogP contribution is 2.21. The second-order valence-electron chi connectivity index (χ2n) is 3.39. The van der Waals surface area contributed by atoms with Gasteiger partial charge in [-0.05, 0) is 24.6 Å². The van der Waals surface area contributed by atoms with E-state index in [9.17, 15) is 4.39 Å². The maximum atomic E-state index is 13.5. The number of nitrogens with zero attached hydrogens (tertiary/aromatic N) is 2. The number of aromatic nitrogens is 2. The van der Waals surface area contributed by atoms with Crippen molar-refractivity contribution < 1.29 is 4.39 Å². The molecule has 2 N–H and O–H groups in total. The lowest BCUT2D eigenvalue weighted by atomic mass is 10.1. The molecule has 0 atom stereocenters. The third-order valence-electron chi connectivity index (χ3n) is 2.48. The first kappa shape index (κ1) is 9.15. The molecule has 0 aliphatic carbocycles. The number of fused-ring (bicyclic) bond motifs is 1. The molecule has 0 saturated heterocycles. The van der Waals surface area contributed by atoms with Gasteiger partial charge in [-0.25, -0.2) is 4.39 Å². The minimum Gasteiger partial charge on any atom is -0.326 e. The van der Waals surface area contributed by atoms with Crippen LogP contribution in [0, 0.1) is 12.7 Å². The summed E-state index contributed by atoms with van der Waals surface area (Å²) in [4.78, 5) is 0. The molecular weight excluding hydrogens is 181 g/mol. The van der Waals surface area contributed by atoms with E-state index >= 15 is 0 Å². The predicted molar refractivity (Wildman–Crippen MR) is 53.3 cm³/mol. The first-order valence-corrected chi connectivity index (χ1v) is 4.45. The standard InChI is InChI=1S/C10H12FN3/c1-6-8-3-7(5-12)4-9(11)10(8)13-14(6)2/h3-4H,5,12H2,1-2H3. The van der Waals surface area contributed by atoms with Crippen LogP contribution < -0.4 is 5.73 Å². The van der Waals surface area contributed by atoms with Crippen LogP contribution in [0.4, 0.5) is 4.39 Å². The molecule has 0 radical (unpaired) electrons. The lowest BCUT2D eigenvalue weighted by Gasteiger charge is -1.98. The van der Waals surface area contributed by atoms with Gasteiger partial charge < -0.3 is 5.73 Å². The molecule has 4 heteroatoms. The van der Waals surface area contributed by atoms with Crippen molar-refractivity contribution in [2.45, 2.75) is 13.5 Å². The van der Waals surface area contributed by atoms with E-state index in [2.05, 4.69) is 5.10 Å². The molecule has 2 aromatic rings. The second-order valence-corrected chi connectivity index (χ2v) is 3.39. The molecule has 0 spiro atoms. The Bertz CT molecular complexity index is 488. The highest BCUT2D eigenvalue weighted by atomic mass is 19.1. The summed E-state index contributed by atoms with van der Waals surface area (Å²) in [5, 5.41) is 4.93. The molecule has 0 bridgehead atoms. The minimum atomic E-state index is -0.299.